The number of carbonyl (C=O) groups is 1. The van der Waals surface area contributed by atoms with E-state index in [4.69, 9.17) is 4.74 Å². The van der Waals surface area contributed by atoms with Crippen molar-refractivity contribution in [1.82, 2.24) is 10.0 Å². The van der Waals surface area contributed by atoms with Crippen molar-refractivity contribution in [2.45, 2.75) is 58.9 Å². The lowest BCUT2D eigenvalue weighted by Crippen LogP contribution is -2.31. The lowest BCUT2D eigenvalue weighted by molar-refractivity contribution is -0.123. The minimum absolute atomic E-state index is 0.140. The smallest absolute Gasteiger partial charge is 0.258 e. The minimum atomic E-state index is -3.54. The van der Waals surface area contributed by atoms with Crippen LogP contribution in [0.25, 0.3) is 0 Å². The molecule has 7 heteroatoms. The van der Waals surface area contributed by atoms with Crippen molar-refractivity contribution in [3.8, 4) is 5.75 Å². The Morgan fingerprint density at radius 2 is 1.67 bits per heavy atom. The number of rotatable bonds is 9. The molecule has 2 aromatic carbocycles. The highest BCUT2D eigenvalue weighted by Gasteiger charge is 2.16. The standard InChI is InChI=1S/C23H32N2O4S/c1-7-10-24-30(27,28)20-8-9-22(18(5)12-20)29-14-23(26)25-19(6)21-13-16(3)15(2)11-17(21)4/h8-9,11-13,19,24H,7,10,14H2,1-6H3,(H,25,26)/t19-/m0/s1. The predicted octanol–water partition coefficient (Wildman–Crippen LogP) is 3.86. The quantitative estimate of drug-likeness (QED) is 0.630. The fourth-order valence-electron chi connectivity index (χ4n) is 3.22. The first-order chi connectivity index (χ1) is 14.0. The van der Waals surface area contributed by atoms with Crippen molar-refractivity contribution < 1.29 is 17.9 Å². The van der Waals surface area contributed by atoms with E-state index in [2.05, 4.69) is 36.0 Å². The molecular formula is C23H32N2O4S. The first-order valence-electron chi connectivity index (χ1n) is 10.2. The minimum Gasteiger partial charge on any atom is -0.484 e. The molecule has 2 aromatic rings. The fraction of sp³-hybridized carbons (Fsp3) is 0.435. The van der Waals surface area contributed by atoms with Gasteiger partial charge in [-0.15, -0.1) is 0 Å². The molecule has 0 aliphatic rings. The summed E-state index contributed by atoms with van der Waals surface area (Å²) >= 11 is 0. The summed E-state index contributed by atoms with van der Waals surface area (Å²) in [5, 5.41) is 2.96. The van der Waals surface area contributed by atoms with Gasteiger partial charge >= 0.3 is 0 Å². The average molecular weight is 433 g/mol. The maximum Gasteiger partial charge on any atom is 0.258 e. The highest BCUT2D eigenvalue weighted by molar-refractivity contribution is 7.89. The van der Waals surface area contributed by atoms with Gasteiger partial charge in [-0.1, -0.05) is 19.1 Å². The molecule has 2 N–H and O–H groups in total. The molecule has 0 saturated heterocycles. The molecule has 1 amide bonds. The Kier molecular flexibility index (Phi) is 8.03. The first kappa shape index (κ1) is 23.9. The number of benzene rings is 2. The molecule has 0 aromatic heterocycles. The Bertz CT molecular complexity index is 1020. The van der Waals surface area contributed by atoms with Crippen LogP contribution < -0.4 is 14.8 Å². The second kappa shape index (κ2) is 10.1. The molecule has 0 spiro atoms. The van der Waals surface area contributed by atoms with Gasteiger partial charge in [-0.3, -0.25) is 4.79 Å². The van der Waals surface area contributed by atoms with Crippen LogP contribution in [0.5, 0.6) is 5.75 Å². The van der Waals surface area contributed by atoms with Gasteiger partial charge in [0.1, 0.15) is 5.75 Å². The topological polar surface area (TPSA) is 84.5 Å². The van der Waals surface area contributed by atoms with Gasteiger partial charge in [-0.25, -0.2) is 13.1 Å². The lowest BCUT2D eigenvalue weighted by atomic mass is 9.96. The lowest BCUT2D eigenvalue weighted by Gasteiger charge is -2.19. The molecule has 0 bridgehead atoms. The summed E-state index contributed by atoms with van der Waals surface area (Å²) in [6.07, 6.45) is 0.717. The fourth-order valence-corrected chi connectivity index (χ4v) is 4.44. The van der Waals surface area contributed by atoms with Gasteiger partial charge in [-0.2, -0.15) is 0 Å². The number of hydrogen-bond acceptors (Lipinski definition) is 4. The van der Waals surface area contributed by atoms with Crippen LogP contribution in [0.15, 0.2) is 35.2 Å². The maximum absolute atomic E-state index is 12.4. The Morgan fingerprint density at radius 3 is 2.30 bits per heavy atom. The second-order valence-corrected chi connectivity index (χ2v) is 9.46. The normalized spacial score (nSPS) is 12.5. The van der Waals surface area contributed by atoms with E-state index in [1.165, 1.54) is 17.2 Å². The summed E-state index contributed by atoms with van der Waals surface area (Å²) in [5.74, 6) is 0.246. The molecule has 0 saturated carbocycles. The van der Waals surface area contributed by atoms with Crippen molar-refractivity contribution in [2.75, 3.05) is 13.2 Å². The van der Waals surface area contributed by atoms with E-state index < -0.39 is 10.0 Å². The van der Waals surface area contributed by atoms with Gasteiger partial charge in [0.15, 0.2) is 6.61 Å². The van der Waals surface area contributed by atoms with E-state index in [0.29, 0.717) is 24.3 Å². The molecule has 30 heavy (non-hydrogen) atoms. The number of carbonyl (C=O) groups excluding carboxylic acids is 1. The third-order valence-electron chi connectivity index (χ3n) is 5.08. The van der Waals surface area contributed by atoms with E-state index in [-0.39, 0.29) is 23.5 Å². The van der Waals surface area contributed by atoms with Crippen LogP contribution in [-0.2, 0) is 14.8 Å². The van der Waals surface area contributed by atoms with Crippen molar-refractivity contribution in [1.29, 1.82) is 0 Å². The largest absolute Gasteiger partial charge is 0.484 e. The zero-order chi connectivity index (χ0) is 22.5. The molecule has 0 unspecified atom stereocenters. The molecule has 0 radical (unpaired) electrons. The van der Waals surface area contributed by atoms with Crippen LogP contribution in [0.3, 0.4) is 0 Å². The summed E-state index contributed by atoms with van der Waals surface area (Å²) in [7, 11) is -3.54. The highest BCUT2D eigenvalue weighted by Crippen LogP contribution is 2.23. The van der Waals surface area contributed by atoms with Crippen LogP contribution >= 0.6 is 0 Å². The predicted molar refractivity (Wildman–Crippen MR) is 119 cm³/mol. The van der Waals surface area contributed by atoms with E-state index in [9.17, 15) is 13.2 Å². The average Bonchev–Trinajstić information content (AvgIpc) is 2.68. The van der Waals surface area contributed by atoms with Crippen molar-refractivity contribution in [3.63, 3.8) is 0 Å². The Balaban J connectivity index is 2.00. The number of hydrogen-bond donors (Lipinski definition) is 2. The van der Waals surface area contributed by atoms with E-state index >= 15 is 0 Å². The molecule has 0 heterocycles. The Hall–Kier alpha value is -2.38. The van der Waals surface area contributed by atoms with Gasteiger partial charge in [0.05, 0.1) is 10.9 Å². The van der Waals surface area contributed by atoms with Crippen molar-refractivity contribution >= 4 is 15.9 Å². The van der Waals surface area contributed by atoms with Crippen LogP contribution in [0.2, 0.25) is 0 Å². The van der Waals surface area contributed by atoms with E-state index in [1.807, 2.05) is 20.8 Å². The van der Waals surface area contributed by atoms with Gasteiger partial charge in [0, 0.05) is 6.54 Å². The summed E-state index contributed by atoms with van der Waals surface area (Å²) in [5.41, 5.74) is 5.28. The zero-order valence-corrected chi connectivity index (χ0v) is 19.4. The monoisotopic (exact) mass is 432 g/mol. The summed E-state index contributed by atoms with van der Waals surface area (Å²) < 4.78 is 32.6. The molecule has 1 atom stereocenters. The molecule has 2 rings (SSSR count). The molecule has 164 valence electrons. The Labute approximate surface area is 180 Å². The second-order valence-electron chi connectivity index (χ2n) is 7.70. The van der Waals surface area contributed by atoms with Crippen molar-refractivity contribution in [3.05, 3.63) is 58.1 Å². The molecule has 0 fully saturated rings. The van der Waals surface area contributed by atoms with Gasteiger partial charge in [0.2, 0.25) is 10.0 Å². The number of ether oxygens (including phenoxy) is 1. The molecular weight excluding hydrogens is 400 g/mol. The third kappa shape index (κ3) is 6.06. The van der Waals surface area contributed by atoms with Gasteiger partial charge in [0.25, 0.3) is 5.91 Å². The van der Waals surface area contributed by atoms with Crippen LogP contribution in [-0.4, -0.2) is 27.5 Å². The zero-order valence-electron chi connectivity index (χ0n) is 18.6. The summed E-state index contributed by atoms with van der Waals surface area (Å²) in [4.78, 5) is 12.6. The maximum atomic E-state index is 12.4. The number of nitrogens with one attached hydrogen (secondary N) is 2. The van der Waals surface area contributed by atoms with Crippen LogP contribution in [0.4, 0.5) is 0 Å². The first-order valence-corrected chi connectivity index (χ1v) is 11.6. The number of aryl methyl sites for hydroxylation is 4. The van der Waals surface area contributed by atoms with Crippen molar-refractivity contribution in [2.24, 2.45) is 0 Å². The van der Waals surface area contributed by atoms with Crippen LogP contribution in [0.1, 0.15) is 54.1 Å². The SMILES string of the molecule is CCCNS(=O)(=O)c1ccc(OCC(=O)N[C@@H](C)c2cc(C)c(C)cc2C)c(C)c1. The number of sulfonamides is 1. The number of amides is 1. The highest BCUT2D eigenvalue weighted by atomic mass is 32.2. The van der Waals surface area contributed by atoms with E-state index in [1.54, 1.807) is 19.1 Å². The molecule has 6 nitrogen and oxygen atoms in total. The van der Waals surface area contributed by atoms with Gasteiger partial charge in [-0.05, 0) is 87.1 Å². The molecule has 0 aliphatic carbocycles. The Morgan fingerprint density at radius 1 is 1.00 bits per heavy atom. The third-order valence-corrected chi connectivity index (χ3v) is 6.54. The van der Waals surface area contributed by atoms with Gasteiger partial charge < -0.3 is 10.1 Å². The van der Waals surface area contributed by atoms with Crippen LogP contribution in [0, 0.1) is 27.7 Å². The summed E-state index contributed by atoms with van der Waals surface area (Å²) in [6, 6.07) is 8.70. The molecule has 0 aliphatic heterocycles. The summed E-state index contributed by atoms with van der Waals surface area (Å²) in [6.45, 7) is 12.0. The van der Waals surface area contributed by atoms with E-state index in [0.717, 1.165) is 11.1 Å².